The van der Waals surface area contributed by atoms with Crippen LogP contribution in [0.15, 0.2) is 36.4 Å². The molecule has 1 aliphatic heterocycles. The van der Waals surface area contributed by atoms with Crippen LogP contribution in [0.25, 0.3) is 19.6 Å². The van der Waals surface area contributed by atoms with Crippen LogP contribution < -0.4 is 14.8 Å². The van der Waals surface area contributed by atoms with E-state index in [2.05, 4.69) is 94.8 Å². The van der Waals surface area contributed by atoms with Gasteiger partial charge in [0, 0.05) is 0 Å². The summed E-state index contributed by atoms with van der Waals surface area (Å²) in [5.74, 6) is 2.96. The summed E-state index contributed by atoms with van der Waals surface area (Å²) in [6.07, 6.45) is 2.69. The van der Waals surface area contributed by atoms with Crippen LogP contribution >= 0.6 is 0 Å². The molecule has 4 rings (SSSR count). The first-order valence-electron chi connectivity index (χ1n) is 10.9. The molecule has 1 heterocycles. The van der Waals surface area contributed by atoms with Crippen molar-refractivity contribution in [1.29, 1.82) is 0 Å². The van der Waals surface area contributed by atoms with Gasteiger partial charge < -0.3 is 0 Å². The van der Waals surface area contributed by atoms with Gasteiger partial charge in [0.15, 0.2) is 0 Å². The number of nitrogens with zero attached hydrogens (tertiary/aromatic N) is 2. The second-order valence-electron chi connectivity index (χ2n) is 9.72. The van der Waals surface area contributed by atoms with Gasteiger partial charge in [-0.1, -0.05) is 0 Å². The summed E-state index contributed by atoms with van der Waals surface area (Å²) in [5.41, 5.74) is 4.47. The van der Waals surface area contributed by atoms with Crippen molar-refractivity contribution in [2.24, 2.45) is 17.8 Å². The molecule has 1 fully saturated rings. The molecule has 1 saturated carbocycles. The van der Waals surface area contributed by atoms with Crippen molar-refractivity contribution < 1.29 is 0 Å². The van der Waals surface area contributed by atoms with Gasteiger partial charge in [0.2, 0.25) is 0 Å². The molecule has 2 aliphatic carbocycles. The molecular formula is C26H35N2Se+. The van der Waals surface area contributed by atoms with Gasteiger partial charge in [-0.15, -0.1) is 0 Å². The van der Waals surface area contributed by atoms with E-state index in [1.807, 2.05) is 0 Å². The number of hydrogen-bond acceptors (Lipinski definition) is 1. The van der Waals surface area contributed by atoms with Crippen molar-refractivity contribution in [2.45, 2.75) is 39.5 Å². The third kappa shape index (κ3) is 3.80. The van der Waals surface area contributed by atoms with Gasteiger partial charge in [0.05, 0.1) is 0 Å². The second kappa shape index (κ2) is 7.93. The fraction of sp³-hybridized carbons (Fsp3) is 0.500. The summed E-state index contributed by atoms with van der Waals surface area (Å²) in [7, 11) is 8.58. The third-order valence-electron chi connectivity index (χ3n) is 6.87. The molecule has 0 bridgehead atoms. The average Bonchev–Trinajstić information content (AvgIpc) is 2.65. The number of fused-ring (bicyclic) bond motifs is 2. The predicted molar refractivity (Wildman–Crippen MR) is 128 cm³/mol. The first kappa shape index (κ1) is 20.7. The molecule has 3 aliphatic rings. The quantitative estimate of drug-likeness (QED) is 0.304. The topological polar surface area (TPSA) is 6.25 Å². The fourth-order valence-corrected chi connectivity index (χ4v) is 8.06. The van der Waals surface area contributed by atoms with Gasteiger partial charge in [-0.2, -0.15) is 0 Å². The van der Waals surface area contributed by atoms with Gasteiger partial charge in [0.1, 0.15) is 0 Å². The van der Waals surface area contributed by atoms with E-state index in [-0.39, 0.29) is 0 Å². The Hall–Kier alpha value is -1.57. The number of anilines is 1. The van der Waals surface area contributed by atoms with Crippen LogP contribution in [0.5, 0.6) is 0 Å². The molecule has 154 valence electrons. The molecule has 2 atom stereocenters. The Bertz CT molecular complexity index is 1060. The average molecular weight is 455 g/mol. The molecule has 1 aromatic carbocycles. The molecule has 1 aromatic rings. The van der Waals surface area contributed by atoms with E-state index in [4.69, 9.17) is 0 Å². The first-order valence-corrected chi connectivity index (χ1v) is 12.7. The van der Waals surface area contributed by atoms with Crippen molar-refractivity contribution in [3.8, 4) is 10.0 Å². The van der Waals surface area contributed by atoms with Crippen LogP contribution in [-0.4, -0.2) is 42.7 Å². The number of rotatable bonds is 2. The van der Waals surface area contributed by atoms with Gasteiger partial charge in [0.25, 0.3) is 0 Å². The Morgan fingerprint density at radius 2 is 1.62 bits per heavy atom. The summed E-state index contributed by atoms with van der Waals surface area (Å²) >= 11 is 0.348. The van der Waals surface area contributed by atoms with E-state index in [1.54, 1.807) is 14.3 Å². The summed E-state index contributed by atoms with van der Waals surface area (Å²) in [6, 6.07) is 14.4. The van der Waals surface area contributed by atoms with Crippen molar-refractivity contribution in [3.05, 3.63) is 47.3 Å². The number of hydrogen-bond donors (Lipinski definition) is 0. The minimum absolute atomic E-state index is 0.348. The summed E-state index contributed by atoms with van der Waals surface area (Å²) in [6.45, 7) is 7.42. The zero-order valence-electron chi connectivity index (χ0n) is 19.0. The monoisotopic (exact) mass is 455 g/mol. The molecule has 0 amide bonds. The van der Waals surface area contributed by atoms with Gasteiger partial charge in [-0.25, -0.2) is 0 Å². The van der Waals surface area contributed by atoms with Crippen LogP contribution in [-0.2, 0) is 0 Å². The van der Waals surface area contributed by atoms with E-state index in [0.717, 1.165) is 17.8 Å². The molecule has 0 spiro atoms. The van der Waals surface area contributed by atoms with Crippen LogP contribution in [0.2, 0.25) is 0 Å². The standard InChI is InChI=1S/C26H35N2Se/c1-16-12-17(2)25(18(3)13-16)26-21-10-8-19(27(4)5)14-23(21)29-24-15-20(28(6)7)9-11-22(24)26/h8-11,14-18,25H,12-13H2,1-7H3/q+1. The van der Waals surface area contributed by atoms with Gasteiger partial charge in [-0.3, -0.25) is 0 Å². The number of benzene rings is 2. The summed E-state index contributed by atoms with van der Waals surface area (Å²) in [4.78, 5) is 2.23. The van der Waals surface area contributed by atoms with E-state index < -0.39 is 0 Å². The predicted octanol–water partition coefficient (Wildman–Crippen LogP) is 4.89. The van der Waals surface area contributed by atoms with Crippen LogP contribution in [0.3, 0.4) is 0 Å². The Balaban J connectivity index is 2.05. The molecular weight excluding hydrogens is 419 g/mol. The maximum absolute atomic E-state index is 2.49. The van der Waals surface area contributed by atoms with Crippen molar-refractivity contribution in [3.63, 3.8) is 0 Å². The SMILES string of the molecule is CC1CC(C)C(c2c3ccc(=[N+](C)C)cc-3[se]c3cc(N(C)C)ccc23)C(C)C1. The van der Waals surface area contributed by atoms with Crippen molar-refractivity contribution >= 4 is 29.8 Å². The van der Waals surface area contributed by atoms with Crippen molar-refractivity contribution in [1.82, 2.24) is 4.58 Å². The molecule has 0 radical (unpaired) electrons. The summed E-state index contributed by atoms with van der Waals surface area (Å²) < 4.78 is 5.34. The molecule has 2 unspecified atom stereocenters. The van der Waals surface area contributed by atoms with Crippen molar-refractivity contribution in [2.75, 3.05) is 33.1 Å². The second-order valence-corrected chi connectivity index (χ2v) is 12.0. The van der Waals surface area contributed by atoms with Crippen LogP contribution in [0.4, 0.5) is 5.69 Å². The van der Waals surface area contributed by atoms with E-state index >= 15 is 0 Å². The van der Waals surface area contributed by atoms with Crippen LogP contribution in [0.1, 0.15) is 45.1 Å². The molecule has 3 heteroatoms. The Morgan fingerprint density at radius 1 is 0.931 bits per heavy atom. The molecule has 2 nitrogen and oxygen atoms in total. The summed E-state index contributed by atoms with van der Waals surface area (Å²) in [5, 5.41) is 2.84. The normalized spacial score (nSPS) is 24.8. The third-order valence-corrected chi connectivity index (χ3v) is 9.21. The van der Waals surface area contributed by atoms with E-state index in [0.29, 0.717) is 20.4 Å². The first-order chi connectivity index (χ1) is 13.8. The Kier molecular flexibility index (Phi) is 5.66. The Labute approximate surface area is 182 Å². The Morgan fingerprint density at radius 3 is 2.24 bits per heavy atom. The fourth-order valence-electron chi connectivity index (χ4n) is 5.60. The van der Waals surface area contributed by atoms with E-state index in [1.165, 1.54) is 34.8 Å². The van der Waals surface area contributed by atoms with Crippen LogP contribution in [0, 0.1) is 17.8 Å². The molecule has 0 aromatic heterocycles. The minimum atomic E-state index is 0.348. The molecule has 29 heavy (non-hydrogen) atoms. The maximum atomic E-state index is 2.49. The zero-order valence-corrected chi connectivity index (χ0v) is 20.7. The van der Waals surface area contributed by atoms with Gasteiger partial charge >= 0.3 is 182 Å². The van der Waals surface area contributed by atoms with Gasteiger partial charge in [-0.05, 0) is 0 Å². The molecule has 0 saturated heterocycles. The van der Waals surface area contributed by atoms with E-state index in [9.17, 15) is 0 Å². The zero-order chi connectivity index (χ0) is 20.9. The molecule has 0 N–H and O–H groups in total.